The number of amides is 2. The molecule has 230 valence electrons. The average Bonchev–Trinajstić information content (AvgIpc) is 3.59. The third-order valence-corrected chi connectivity index (χ3v) is 8.04. The highest BCUT2D eigenvalue weighted by Crippen LogP contribution is 2.38. The largest absolute Gasteiger partial charge is 0.497 e. The molecule has 2 unspecified atom stereocenters. The van der Waals surface area contributed by atoms with Crippen LogP contribution in [0.3, 0.4) is 0 Å². The van der Waals surface area contributed by atoms with E-state index in [1.54, 1.807) is 55.4 Å². The quantitative estimate of drug-likeness (QED) is 0.296. The number of fused-ring (bicyclic) bond motifs is 1. The van der Waals surface area contributed by atoms with Gasteiger partial charge >= 0.3 is 6.09 Å². The van der Waals surface area contributed by atoms with Crippen molar-refractivity contribution in [2.45, 2.75) is 70.6 Å². The summed E-state index contributed by atoms with van der Waals surface area (Å²) in [5, 5.41) is 10.5. The first-order valence-electron chi connectivity index (χ1n) is 14.7. The first-order valence-corrected chi connectivity index (χ1v) is 14.7. The Balaban J connectivity index is 1.45. The summed E-state index contributed by atoms with van der Waals surface area (Å²) < 4.78 is 34.0. The van der Waals surface area contributed by atoms with E-state index in [2.05, 4.69) is 20.7 Å². The van der Waals surface area contributed by atoms with Gasteiger partial charge in [-0.2, -0.15) is 5.10 Å². The Bertz CT molecular complexity index is 1480. The van der Waals surface area contributed by atoms with E-state index in [-0.39, 0.29) is 48.0 Å². The number of carbonyl (C=O) groups is 2. The molecule has 1 fully saturated rings. The fourth-order valence-corrected chi connectivity index (χ4v) is 5.73. The van der Waals surface area contributed by atoms with Gasteiger partial charge in [-0.3, -0.25) is 9.48 Å². The Morgan fingerprint density at radius 3 is 2.65 bits per heavy atom. The molecular formula is C31H39FN6O5. The summed E-state index contributed by atoms with van der Waals surface area (Å²) >= 11 is 0. The summed E-state index contributed by atoms with van der Waals surface area (Å²) in [6.45, 7) is 2.67. The number of benzene rings is 1. The molecule has 43 heavy (non-hydrogen) atoms. The molecule has 2 amide bonds. The zero-order valence-corrected chi connectivity index (χ0v) is 25.1. The minimum absolute atomic E-state index is 0.0485. The van der Waals surface area contributed by atoms with Gasteiger partial charge in [-0.1, -0.05) is 26.2 Å². The van der Waals surface area contributed by atoms with Gasteiger partial charge in [0.2, 0.25) is 0 Å². The molecule has 5 rings (SSSR count). The summed E-state index contributed by atoms with van der Waals surface area (Å²) in [5.41, 5.74) is 2.23. The molecule has 2 atom stereocenters. The number of aryl methyl sites for hydroxylation is 1. The molecule has 0 saturated heterocycles. The van der Waals surface area contributed by atoms with Crippen molar-refractivity contribution in [2.24, 2.45) is 7.05 Å². The maximum absolute atomic E-state index is 16.3. The van der Waals surface area contributed by atoms with Crippen molar-refractivity contribution in [2.75, 3.05) is 26.1 Å². The van der Waals surface area contributed by atoms with Crippen LogP contribution in [-0.2, 0) is 24.9 Å². The number of nitrogens with one attached hydrogen (secondary N) is 2. The summed E-state index contributed by atoms with van der Waals surface area (Å²) in [6, 6.07) is 4.87. The standard InChI is InChI=1S/C31H39FN6O5/c1-5-6-13-43-31(40)35-24-10-8-7-9-23(24)34-29-27(32)22-18-38(17-19-11-12-21(41-3)14-25(19)42-4)30(39)26(22)28(36-29)20-15-33-37(2)16-20/h11-12,14-16,23-24H,5-10,13,17-18H2,1-4H3,(H,34,36)(H,35,40). The Kier molecular flexibility index (Phi) is 9.32. The lowest BCUT2D eigenvalue weighted by atomic mass is 9.90. The number of hydrogen-bond acceptors (Lipinski definition) is 8. The van der Waals surface area contributed by atoms with E-state index in [1.807, 2.05) is 13.0 Å². The second-order valence-electron chi connectivity index (χ2n) is 11.0. The normalized spacial score (nSPS) is 17.9. The van der Waals surface area contributed by atoms with Crippen LogP contribution in [0.15, 0.2) is 30.6 Å². The highest BCUT2D eigenvalue weighted by atomic mass is 19.1. The number of halogens is 1. The molecule has 1 aliphatic carbocycles. The average molecular weight is 595 g/mol. The second kappa shape index (κ2) is 13.3. The first-order chi connectivity index (χ1) is 20.8. The number of alkyl carbamates (subject to hydrolysis) is 1. The third kappa shape index (κ3) is 6.52. The van der Waals surface area contributed by atoms with Gasteiger partial charge in [0.1, 0.15) is 11.5 Å². The highest BCUT2D eigenvalue weighted by Gasteiger charge is 2.37. The maximum atomic E-state index is 16.3. The molecule has 3 heterocycles. The molecule has 12 heteroatoms. The second-order valence-corrected chi connectivity index (χ2v) is 11.0. The van der Waals surface area contributed by atoms with Crippen LogP contribution in [0.25, 0.3) is 11.3 Å². The number of ether oxygens (including phenoxy) is 3. The number of carbonyl (C=O) groups excluding carboxylic acids is 2. The van der Waals surface area contributed by atoms with E-state index >= 15 is 4.39 Å². The van der Waals surface area contributed by atoms with Gasteiger partial charge in [0, 0.05) is 48.6 Å². The van der Waals surface area contributed by atoms with E-state index < -0.39 is 11.9 Å². The number of methoxy groups -OCH3 is 2. The lowest BCUT2D eigenvalue weighted by molar-refractivity contribution is 0.0765. The molecule has 2 aliphatic rings. The smallest absolute Gasteiger partial charge is 0.407 e. The molecule has 0 bridgehead atoms. The number of hydrogen-bond donors (Lipinski definition) is 2. The number of nitrogens with zero attached hydrogens (tertiary/aromatic N) is 4. The van der Waals surface area contributed by atoms with Gasteiger partial charge < -0.3 is 29.7 Å². The van der Waals surface area contributed by atoms with E-state index in [4.69, 9.17) is 14.2 Å². The van der Waals surface area contributed by atoms with E-state index in [1.165, 1.54) is 0 Å². The van der Waals surface area contributed by atoms with Crippen LogP contribution in [0, 0.1) is 5.82 Å². The van der Waals surface area contributed by atoms with Crippen molar-refractivity contribution in [3.8, 4) is 22.8 Å². The Labute approximate surface area is 250 Å². The maximum Gasteiger partial charge on any atom is 0.407 e. The van der Waals surface area contributed by atoms with Crippen molar-refractivity contribution in [1.82, 2.24) is 25.0 Å². The van der Waals surface area contributed by atoms with Crippen molar-refractivity contribution in [1.29, 1.82) is 0 Å². The van der Waals surface area contributed by atoms with Gasteiger partial charge in [0.25, 0.3) is 5.91 Å². The van der Waals surface area contributed by atoms with Crippen molar-refractivity contribution >= 4 is 17.8 Å². The van der Waals surface area contributed by atoms with Crippen LogP contribution in [0.1, 0.15) is 66.9 Å². The SMILES string of the molecule is CCCCOC(=O)NC1CCCCC1Nc1nc(-c2cnn(C)c2)c2c(c1F)CN(Cc1ccc(OC)cc1OC)C2=O. The highest BCUT2D eigenvalue weighted by molar-refractivity contribution is 6.04. The molecule has 0 spiro atoms. The van der Waals surface area contributed by atoms with Crippen molar-refractivity contribution < 1.29 is 28.2 Å². The van der Waals surface area contributed by atoms with Crippen LogP contribution in [0.4, 0.5) is 15.0 Å². The van der Waals surface area contributed by atoms with E-state index in [0.717, 1.165) is 44.1 Å². The number of aromatic nitrogens is 3. The number of rotatable bonds is 11. The predicted octanol–water partition coefficient (Wildman–Crippen LogP) is 5.04. The predicted molar refractivity (Wildman–Crippen MR) is 159 cm³/mol. The summed E-state index contributed by atoms with van der Waals surface area (Å²) in [7, 11) is 4.90. The fraction of sp³-hybridized carbons (Fsp3) is 0.484. The van der Waals surface area contributed by atoms with Gasteiger partial charge in [-0.15, -0.1) is 0 Å². The molecule has 1 aromatic carbocycles. The Morgan fingerprint density at radius 2 is 1.95 bits per heavy atom. The molecule has 2 aromatic heterocycles. The zero-order chi connectivity index (χ0) is 30.5. The molecular weight excluding hydrogens is 555 g/mol. The lowest BCUT2D eigenvalue weighted by Crippen LogP contribution is -2.49. The minimum Gasteiger partial charge on any atom is -0.497 e. The van der Waals surface area contributed by atoms with Crippen LogP contribution >= 0.6 is 0 Å². The lowest BCUT2D eigenvalue weighted by Gasteiger charge is -2.33. The summed E-state index contributed by atoms with van der Waals surface area (Å²) in [6.07, 6.45) is 7.95. The first kappa shape index (κ1) is 30.1. The number of pyridine rings is 1. The molecule has 1 aliphatic heterocycles. The molecule has 11 nitrogen and oxygen atoms in total. The molecule has 1 saturated carbocycles. The fourth-order valence-electron chi connectivity index (χ4n) is 5.73. The third-order valence-electron chi connectivity index (χ3n) is 8.04. The van der Waals surface area contributed by atoms with Crippen molar-refractivity contribution in [3.63, 3.8) is 0 Å². The van der Waals surface area contributed by atoms with Crippen LogP contribution in [-0.4, -0.2) is 64.6 Å². The van der Waals surface area contributed by atoms with Gasteiger partial charge in [0.15, 0.2) is 11.6 Å². The Morgan fingerprint density at radius 1 is 1.16 bits per heavy atom. The zero-order valence-electron chi connectivity index (χ0n) is 25.1. The summed E-state index contributed by atoms with van der Waals surface area (Å²) in [4.78, 5) is 32.5. The monoisotopic (exact) mass is 594 g/mol. The molecule has 3 aromatic rings. The van der Waals surface area contributed by atoms with Gasteiger partial charge in [-0.05, 0) is 31.4 Å². The van der Waals surface area contributed by atoms with E-state index in [9.17, 15) is 9.59 Å². The number of unbranched alkanes of at least 4 members (excludes halogenated alkanes) is 1. The van der Waals surface area contributed by atoms with Crippen LogP contribution in [0.5, 0.6) is 11.5 Å². The Hall–Kier alpha value is -4.35. The topological polar surface area (TPSA) is 120 Å². The number of anilines is 1. The van der Waals surface area contributed by atoms with Gasteiger partial charge in [-0.25, -0.2) is 14.2 Å². The van der Waals surface area contributed by atoms with Crippen LogP contribution in [0.2, 0.25) is 0 Å². The summed E-state index contributed by atoms with van der Waals surface area (Å²) in [5.74, 6) is 0.353. The molecule has 0 radical (unpaired) electrons. The van der Waals surface area contributed by atoms with E-state index in [0.29, 0.717) is 29.4 Å². The minimum atomic E-state index is -0.574. The van der Waals surface area contributed by atoms with Crippen molar-refractivity contribution in [3.05, 3.63) is 53.1 Å². The molecule has 2 N–H and O–H groups in total. The van der Waals surface area contributed by atoms with Crippen LogP contribution < -0.4 is 20.1 Å². The van der Waals surface area contributed by atoms with Gasteiger partial charge in [0.05, 0.1) is 50.9 Å².